The Labute approximate surface area is 117 Å². The number of aromatic nitrogens is 4. The second-order valence-corrected chi connectivity index (χ2v) is 4.89. The smallest absolute Gasteiger partial charge is 0.149 e. The van der Waals surface area contributed by atoms with Gasteiger partial charge in [-0.05, 0) is 18.6 Å². The molecular weight excluding hydrogens is 250 g/mol. The first-order valence-electron chi connectivity index (χ1n) is 6.65. The molecule has 0 saturated heterocycles. The lowest BCUT2D eigenvalue weighted by molar-refractivity contribution is 0.529. The summed E-state index contributed by atoms with van der Waals surface area (Å²) >= 11 is 0. The van der Waals surface area contributed by atoms with Crippen LogP contribution in [0.3, 0.4) is 0 Å². The largest absolute Gasteiger partial charge is 0.319 e. The van der Waals surface area contributed by atoms with Gasteiger partial charge in [0.25, 0.3) is 0 Å². The van der Waals surface area contributed by atoms with Gasteiger partial charge in [0, 0.05) is 25.2 Å². The molecule has 3 rings (SSSR count). The molecule has 0 bridgehead atoms. The third-order valence-corrected chi connectivity index (χ3v) is 3.45. The number of hydrogen-bond donors (Lipinski definition) is 1. The third kappa shape index (κ3) is 2.40. The summed E-state index contributed by atoms with van der Waals surface area (Å²) in [4.78, 5) is 4.47. The van der Waals surface area contributed by atoms with Gasteiger partial charge in [0.05, 0.1) is 11.6 Å². The number of aryl methyl sites for hydroxylation is 1. The summed E-state index contributed by atoms with van der Waals surface area (Å²) in [5.74, 6) is 0.929. The molecule has 5 heteroatoms. The Bertz CT molecular complexity index is 714. The van der Waals surface area contributed by atoms with Crippen LogP contribution in [0.2, 0.25) is 0 Å². The molecule has 0 aliphatic rings. The van der Waals surface area contributed by atoms with Crippen molar-refractivity contribution in [1.82, 2.24) is 25.1 Å². The van der Waals surface area contributed by atoms with E-state index in [1.165, 1.54) is 5.56 Å². The Balaban J connectivity index is 1.79. The molecule has 2 heterocycles. The lowest BCUT2D eigenvalue weighted by atomic mass is 10.1. The first kappa shape index (κ1) is 12.7. The second-order valence-electron chi connectivity index (χ2n) is 4.89. The van der Waals surface area contributed by atoms with Crippen LogP contribution < -0.4 is 5.32 Å². The summed E-state index contributed by atoms with van der Waals surface area (Å²) in [5, 5.41) is 12.7. The van der Waals surface area contributed by atoms with Crippen molar-refractivity contribution in [2.45, 2.75) is 19.5 Å². The lowest BCUT2D eigenvalue weighted by Crippen LogP contribution is -2.21. The van der Waals surface area contributed by atoms with Crippen LogP contribution >= 0.6 is 0 Å². The Morgan fingerprint density at radius 2 is 2.10 bits per heavy atom. The Morgan fingerprint density at radius 1 is 1.25 bits per heavy atom. The fraction of sp³-hybridized carbons (Fsp3) is 0.267. The highest BCUT2D eigenvalue weighted by Gasteiger charge is 2.11. The highest BCUT2D eigenvalue weighted by molar-refractivity contribution is 5.81. The summed E-state index contributed by atoms with van der Waals surface area (Å²) < 4.78 is 1.93. The average Bonchev–Trinajstić information content (AvgIpc) is 2.91. The zero-order valence-electron chi connectivity index (χ0n) is 11.6. The van der Waals surface area contributed by atoms with Crippen LogP contribution in [-0.4, -0.2) is 19.7 Å². The molecule has 0 radical (unpaired) electrons. The topological polar surface area (TPSA) is 55.6 Å². The minimum Gasteiger partial charge on any atom is -0.319 e. The van der Waals surface area contributed by atoms with Crippen molar-refractivity contribution < 1.29 is 0 Å². The molecule has 0 fully saturated rings. The van der Waals surface area contributed by atoms with Crippen molar-refractivity contribution >= 4 is 10.9 Å². The van der Waals surface area contributed by atoms with Crippen molar-refractivity contribution in [3.8, 4) is 0 Å². The summed E-state index contributed by atoms with van der Waals surface area (Å²) in [6.45, 7) is 2.84. The average molecular weight is 267 g/mol. The van der Waals surface area contributed by atoms with Gasteiger partial charge in [-0.15, -0.1) is 10.2 Å². The molecule has 0 saturated carbocycles. The number of para-hydroxylation sites is 1. The molecule has 3 aromatic rings. The van der Waals surface area contributed by atoms with Crippen LogP contribution in [0.4, 0.5) is 0 Å². The van der Waals surface area contributed by atoms with Gasteiger partial charge in [0.1, 0.15) is 12.2 Å². The molecular formula is C15H17N5. The predicted octanol–water partition coefficient (Wildman–Crippen LogP) is 2.21. The molecule has 0 spiro atoms. The van der Waals surface area contributed by atoms with E-state index in [9.17, 15) is 0 Å². The van der Waals surface area contributed by atoms with E-state index in [4.69, 9.17) is 0 Å². The van der Waals surface area contributed by atoms with E-state index in [1.807, 2.05) is 23.9 Å². The zero-order chi connectivity index (χ0) is 13.9. The Kier molecular flexibility index (Phi) is 3.43. The summed E-state index contributed by atoms with van der Waals surface area (Å²) in [7, 11) is 1.95. The minimum atomic E-state index is 0.140. The number of nitrogens with zero attached hydrogens (tertiary/aromatic N) is 4. The maximum atomic E-state index is 4.47. The van der Waals surface area contributed by atoms with Crippen LogP contribution in [0.1, 0.15) is 24.4 Å². The lowest BCUT2D eigenvalue weighted by Gasteiger charge is -2.13. The van der Waals surface area contributed by atoms with Gasteiger partial charge in [0.2, 0.25) is 0 Å². The standard InChI is InChI=1S/C15H17N5/c1-11(15-19-18-10-20(15)2)17-9-13-6-3-5-12-7-4-8-16-14(12)13/h3-8,10-11,17H,9H2,1-2H3. The van der Waals surface area contributed by atoms with Crippen molar-refractivity contribution in [1.29, 1.82) is 0 Å². The summed E-state index contributed by atoms with van der Waals surface area (Å²) in [6.07, 6.45) is 3.55. The molecule has 102 valence electrons. The molecule has 20 heavy (non-hydrogen) atoms. The van der Waals surface area contributed by atoms with E-state index in [0.29, 0.717) is 0 Å². The number of benzene rings is 1. The van der Waals surface area contributed by atoms with Gasteiger partial charge in [-0.3, -0.25) is 4.98 Å². The van der Waals surface area contributed by atoms with Crippen LogP contribution in [0, 0.1) is 0 Å². The van der Waals surface area contributed by atoms with E-state index in [2.05, 4.69) is 51.7 Å². The molecule has 1 N–H and O–H groups in total. The van der Waals surface area contributed by atoms with Gasteiger partial charge >= 0.3 is 0 Å². The quantitative estimate of drug-likeness (QED) is 0.787. The van der Waals surface area contributed by atoms with Gasteiger partial charge in [-0.25, -0.2) is 0 Å². The molecule has 2 aromatic heterocycles. The van der Waals surface area contributed by atoms with Crippen molar-refractivity contribution in [2.75, 3.05) is 0 Å². The molecule has 0 amide bonds. The van der Waals surface area contributed by atoms with Crippen LogP contribution in [0.5, 0.6) is 0 Å². The molecule has 0 aliphatic carbocycles. The summed E-state index contributed by atoms with van der Waals surface area (Å²) in [5.41, 5.74) is 2.24. The van der Waals surface area contributed by atoms with Gasteiger partial charge in [-0.1, -0.05) is 24.3 Å². The SMILES string of the molecule is CC(NCc1cccc2cccnc12)c1nncn1C. The van der Waals surface area contributed by atoms with Crippen molar-refractivity contribution in [3.05, 3.63) is 54.2 Å². The summed E-state index contributed by atoms with van der Waals surface area (Å²) in [6, 6.07) is 10.4. The number of fused-ring (bicyclic) bond motifs is 1. The first-order chi connectivity index (χ1) is 9.75. The monoisotopic (exact) mass is 267 g/mol. The van der Waals surface area contributed by atoms with E-state index < -0.39 is 0 Å². The van der Waals surface area contributed by atoms with E-state index in [1.54, 1.807) is 6.33 Å². The van der Waals surface area contributed by atoms with E-state index >= 15 is 0 Å². The van der Waals surface area contributed by atoms with Gasteiger partial charge < -0.3 is 9.88 Å². The normalized spacial score (nSPS) is 12.7. The number of hydrogen-bond acceptors (Lipinski definition) is 4. The molecule has 1 atom stereocenters. The maximum Gasteiger partial charge on any atom is 0.149 e. The highest BCUT2D eigenvalue weighted by atomic mass is 15.3. The zero-order valence-corrected chi connectivity index (χ0v) is 11.6. The minimum absolute atomic E-state index is 0.140. The Hall–Kier alpha value is -2.27. The maximum absolute atomic E-state index is 4.47. The highest BCUT2D eigenvalue weighted by Crippen LogP contribution is 2.17. The van der Waals surface area contributed by atoms with E-state index in [-0.39, 0.29) is 6.04 Å². The van der Waals surface area contributed by atoms with Gasteiger partial charge in [-0.2, -0.15) is 0 Å². The van der Waals surface area contributed by atoms with Crippen molar-refractivity contribution in [3.63, 3.8) is 0 Å². The third-order valence-electron chi connectivity index (χ3n) is 3.45. The second kappa shape index (κ2) is 5.38. The molecule has 1 unspecified atom stereocenters. The molecule has 5 nitrogen and oxygen atoms in total. The van der Waals surface area contributed by atoms with Crippen LogP contribution in [-0.2, 0) is 13.6 Å². The van der Waals surface area contributed by atoms with Crippen molar-refractivity contribution in [2.24, 2.45) is 7.05 Å². The number of nitrogens with one attached hydrogen (secondary N) is 1. The molecule has 0 aliphatic heterocycles. The van der Waals surface area contributed by atoms with Crippen LogP contribution in [0.25, 0.3) is 10.9 Å². The number of rotatable bonds is 4. The first-order valence-corrected chi connectivity index (χ1v) is 6.65. The van der Waals surface area contributed by atoms with Crippen LogP contribution in [0.15, 0.2) is 42.9 Å². The number of pyridine rings is 1. The fourth-order valence-electron chi connectivity index (χ4n) is 2.35. The Morgan fingerprint density at radius 3 is 2.90 bits per heavy atom. The molecule has 1 aromatic carbocycles. The predicted molar refractivity (Wildman–Crippen MR) is 78.0 cm³/mol. The van der Waals surface area contributed by atoms with E-state index in [0.717, 1.165) is 23.3 Å². The van der Waals surface area contributed by atoms with Gasteiger partial charge in [0.15, 0.2) is 0 Å². The fourth-order valence-corrected chi connectivity index (χ4v) is 2.35.